The van der Waals surface area contributed by atoms with Crippen molar-refractivity contribution in [3.8, 4) is 12.1 Å². The molecule has 2 aliphatic rings. The number of nitrogens with one attached hydrogen (secondary N) is 2. The van der Waals surface area contributed by atoms with E-state index in [1.54, 1.807) is 33.2 Å². The van der Waals surface area contributed by atoms with Crippen LogP contribution in [0.5, 0.6) is 0 Å². The molecule has 0 spiro atoms. The molecule has 2 amide bonds. The normalized spacial score (nSPS) is 14.2. The van der Waals surface area contributed by atoms with Crippen molar-refractivity contribution in [2.24, 2.45) is 0 Å². The lowest BCUT2D eigenvalue weighted by atomic mass is 10.0. The van der Waals surface area contributed by atoms with E-state index < -0.39 is 24.2 Å². The van der Waals surface area contributed by atoms with Gasteiger partial charge in [-0.25, -0.2) is 4.79 Å². The molecular weight excluding hydrogens is 770 g/mol. The van der Waals surface area contributed by atoms with E-state index in [0.717, 1.165) is 91.8 Å². The van der Waals surface area contributed by atoms with E-state index >= 15 is 0 Å². The molecule has 2 saturated heterocycles. The number of aliphatic carboxylic acids is 1. The van der Waals surface area contributed by atoms with Crippen molar-refractivity contribution in [3.05, 3.63) is 70.0 Å². The average molecular weight is 828 g/mol. The number of carboxylic acid groups (broad SMARTS) is 1. The molecule has 15 heteroatoms. The number of aromatic nitrogens is 2. The first kappa shape index (κ1) is 47.7. The number of alkyl carbamates (subject to hydrolysis) is 1. The summed E-state index contributed by atoms with van der Waals surface area (Å²) < 4.78 is 4.77. The first-order chi connectivity index (χ1) is 27.6. The average Bonchev–Trinajstić information content (AvgIpc) is 3.61. The fraction of sp³-hybridized carbons (Fsp3) is 0.477. The maximum absolute atomic E-state index is 12.0. The van der Waals surface area contributed by atoms with E-state index in [4.69, 9.17) is 9.84 Å². The number of nitrogens with zero attached hydrogens (tertiary/aromatic N) is 7. The number of pyridine rings is 2. The Morgan fingerprint density at radius 1 is 0.780 bits per heavy atom. The van der Waals surface area contributed by atoms with Crippen LogP contribution in [0.1, 0.15) is 80.3 Å². The Morgan fingerprint density at radius 3 is 1.78 bits per heavy atom. The van der Waals surface area contributed by atoms with Crippen molar-refractivity contribution >= 4 is 63.6 Å². The molecule has 4 heterocycles. The van der Waals surface area contributed by atoms with Crippen LogP contribution in [0.4, 0.5) is 16.2 Å². The number of carbonyl (C=O) groups excluding carboxylic acids is 2. The van der Waals surface area contributed by atoms with E-state index in [2.05, 4.69) is 94.5 Å². The van der Waals surface area contributed by atoms with Gasteiger partial charge in [-0.2, -0.15) is 10.5 Å². The number of rotatable bonds is 5. The van der Waals surface area contributed by atoms with Gasteiger partial charge in [0.15, 0.2) is 0 Å². The van der Waals surface area contributed by atoms with E-state index in [9.17, 15) is 24.9 Å². The third-order valence-electron chi connectivity index (χ3n) is 10.1. The molecule has 4 aromatic rings. The van der Waals surface area contributed by atoms with Crippen molar-refractivity contribution in [1.82, 2.24) is 25.5 Å². The number of aryl methyl sites for hydroxylation is 4. The summed E-state index contributed by atoms with van der Waals surface area (Å²) in [6.45, 7) is 21.9. The van der Waals surface area contributed by atoms with Gasteiger partial charge in [0.25, 0.3) is 0 Å². The van der Waals surface area contributed by atoms with Gasteiger partial charge in [-0.15, -0.1) is 12.4 Å². The zero-order valence-corrected chi connectivity index (χ0v) is 36.4. The smallest absolute Gasteiger partial charge is 0.408 e. The van der Waals surface area contributed by atoms with Gasteiger partial charge in [-0.3, -0.25) is 19.6 Å². The fourth-order valence-electron chi connectivity index (χ4n) is 6.87. The minimum atomic E-state index is -1.10. The zero-order valence-electron chi connectivity index (χ0n) is 35.6. The standard InChI is InChI=1S/C20H24N4O.C17H20N4.C7H13NO4.ClH/c1-4-19(25)23-6-5-7-24(9-8-23)20-16(12-21)13-22-18-11-15(3)14(2)10-17(18)20;1-12-8-15-16(9-13(12)2)20-11-14(10-18)17(15)21-6-3-4-19-5-7-21;1-7(2,3)12-6(11)8-4-5(9)10;/h10-11,13H,4-9H2,1-3H3;8-9,11,19H,3-7H2,1-2H3;4H2,1-3H3,(H,8,11)(H,9,10);1H. The first-order valence-electron chi connectivity index (χ1n) is 19.8. The molecule has 0 bridgehead atoms. The number of ether oxygens (including phenoxy) is 1. The van der Waals surface area contributed by atoms with Gasteiger partial charge in [0.2, 0.25) is 5.91 Å². The molecule has 0 radical (unpaired) electrons. The predicted molar refractivity (Wildman–Crippen MR) is 234 cm³/mol. The Bertz CT molecular complexity index is 2200. The highest BCUT2D eigenvalue weighted by molar-refractivity contribution is 5.96. The Hall–Kier alpha value is -5.70. The van der Waals surface area contributed by atoms with Gasteiger partial charge in [-0.1, -0.05) is 6.92 Å². The molecule has 0 aliphatic carbocycles. The third kappa shape index (κ3) is 13.2. The van der Waals surface area contributed by atoms with Gasteiger partial charge in [0.1, 0.15) is 24.3 Å². The zero-order chi connectivity index (χ0) is 42.6. The molecule has 59 heavy (non-hydrogen) atoms. The quantitative estimate of drug-likeness (QED) is 0.193. The van der Waals surface area contributed by atoms with E-state index in [-0.39, 0.29) is 18.3 Å². The number of benzene rings is 2. The van der Waals surface area contributed by atoms with Crippen molar-refractivity contribution < 1.29 is 24.2 Å². The van der Waals surface area contributed by atoms with Gasteiger partial charge >= 0.3 is 12.1 Å². The van der Waals surface area contributed by atoms with E-state index in [1.807, 2.05) is 11.8 Å². The molecular formula is C44H58ClN9O5. The van der Waals surface area contributed by atoms with Gasteiger partial charge in [-0.05, 0) is 114 Å². The second-order valence-corrected chi connectivity index (χ2v) is 15.6. The van der Waals surface area contributed by atoms with Crippen LogP contribution >= 0.6 is 12.4 Å². The summed E-state index contributed by atoms with van der Waals surface area (Å²) in [4.78, 5) is 48.3. The first-order valence-corrected chi connectivity index (χ1v) is 19.8. The van der Waals surface area contributed by atoms with Gasteiger partial charge in [0, 0.05) is 75.4 Å². The topological polar surface area (TPSA) is 188 Å². The number of carboxylic acids is 1. The van der Waals surface area contributed by atoms with Crippen LogP contribution in [-0.2, 0) is 14.3 Å². The summed E-state index contributed by atoms with van der Waals surface area (Å²) in [5.41, 5.74) is 9.47. The lowest BCUT2D eigenvalue weighted by Gasteiger charge is -2.26. The lowest BCUT2D eigenvalue weighted by molar-refractivity contribution is -0.136. The van der Waals surface area contributed by atoms with Crippen molar-refractivity contribution in [2.75, 3.05) is 68.7 Å². The molecule has 2 aromatic heterocycles. The molecule has 0 unspecified atom stereocenters. The second-order valence-electron chi connectivity index (χ2n) is 15.6. The maximum atomic E-state index is 12.0. The molecule has 2 aliphatic heterocycles. The number of anilines is 2. The molecule has 14 nitrogen and oxygen atoms in total. The fourth-order valence-corrected chi connectivity index (χ4v) is 6.87. The van der Waals surface area contributed by atoms with E-state index in [1.165, 1.54) is 22.3 Å². The second kappa shape index (κ2) is 21.9. The SMILES string of the molecule is CC(C)(C)OC(=O)NCC(=O)O.CCC(=O)N1CCCN(c2c(C#N)cnc3cc(C)c(C)cc23)CC1.Cc1cc2ncc(C#N)c(N3CCCNCC3)c2cc1C.Cl. The van der Waals surface area contributed by atoms with Gasteiger partial charge < -0.3 is 35.2 Å². The number of fused-ring (bicyclic) bond motifs is 2. The summed E-state index contributed by atoms with van der Waals surface area (Å²) in [6.07, 6.45) is 5.21. The van der Waals surface area contributed by atoms with Crippen molar-refractivity contribution in [2.45, 2.75) is 80.3 Å². The highest BCUT2D eigenvalue weighted by Gasteiger charge is 2.23. The molecule has 3 N–H and O–H groups in total. The van der Waals surface area contributed by atoms with Crippen LogP contribution in [0.25, 0.3) is 21.8 Å². The van der Waals surface area contributed by atoms with Crippen molar-refractivity contribution in [1.29, 1.82) is 10.5 Å². The minimum Gasteiger partial charge on any atom is -0.480 e. The Kier molecular flexibility index (Phi) is 17.7. The number of hydrogen-bond donors (Lipinski definition) is 3. The van der Waals surface area contributed by atoms with Gasteiger partial charge in [0.05, 0.1) is 33.5 Å². The lowest BCUT2D eigenvalue weighted by Crippen LogP contribution is -2.35. The largest absolute Gasteiger partial charge is 0.480 e. The summed E-state index contributed by atoms with van der Waals surface area (Å²) >= 11 is 0. The summed E-state index contributed by atoms with van der Waals surface area (Å²) in [5.74, 6) is -0.894. The molecule has 0 atom stereocenters. The summed E-state index contributed by atoms with van der Waals surface area (Å²) in [5, 5.41) is 34.9. The van der Waals surface area contributed by atoms with Crippen LogP contribution in [0, 0.1) is 50.4 Å². The number of halogens is 1. The molecule has 2 fully saturated rings. The molecule has 0 saturated carbocycles. The van der Waals surface area contributed by atoms with Crippen LogP contribution in [0.2, 0.25) is 0 Å². The molecule has 6 rings (SSSR count). The summed E-state index contributed by atoms with van der Waals surface area (Å²) in [7, 11) is 0. The maximum Gasteiger partial charge on any atom is 0.408 e. The molecule has 316 valence electrons. The Morgan fingerprint density at radius 2 is 1.29 bits per heavy atom. The number of carbonyl (C=O) groups is 3. The van der Waals surface area contributed by atoms with E-state index in [0.29, 0.717) is 24.1 Å². The van der Waals surface area contributed by atoms with Crippen LogP contribution in [0.15, 0.2) is 36.7 Å². The number of nitriles is 2. The number of amides is 2. The number of hydrogen-bond acceptors (Lipinski definition) is 11. The van der Waals surface area contributed by atoms with Crippen LogP contribution in [0.3, 0.4) is 0 Å². The Labute approximate surface area is 353 Å². The predicted octanol–water partition coefficient (Wildman–Crippen LogP) is 6.71. The summed E-state index contributed by atoms with van der Waals surface area (Å²) in [6, 6.07) is 13.1. The highest BCUT2D eigenvalue weighted by atomic mass is 35.5. The van der Waals surface area contributed by atoms with Crippen molar-refractivity contribution in [3.63, 3.8) is 0 Å². The van der Waals surface area contributed by atoms with Crippen LogP contribution < -0.4 is 20.4 Å². The highest BCUT2D eigenvalue weighted by Crippen LogP contribution is 2.33. The molecule has 2 aromatic carbocycles. The van der Waals surface area contributed by atoms with Crippen LogP contribution in [-0.4, -0.2) is 102 Å². The minimum absolute atomic E-state index is 0. The Balaban J connectivity index is 0.000000249. The third-order valence-corrected chi connectivity index (χ3v) is 10.1. The monoisotopic (exact) mass is 827 g/mol.